The number of thiazole rings is 1. The van der Waals surface area contributed by atoms with Crippen molar-refractivity contribution in [2.75, 3.05) is 18.1 Å². The van der Waals surface area contributed by atoms with Gasteiger partial charge in [-0.15, -0.1) is 0 Å². The first-order chi connectivity index (χ1) is 14.2. The predicted octanol–water partition coefficient (Wildman–Crippen LogP) is 3.42. The second kappa shape index (κ2) is 7.46. The Morgan fingerprint density at radius 3 is 2.86 bits per heavy atom. The summed E-state index contributed by atoms with van der Waals surface area (Å²) >= 11 is 1.47. The van der Waals surface area contributed by atoms with E-state index in [1.165, 1.54) is 15.9 Å². The fourth-order valence-electron chi connectivity index (χ4n) is 3.64. The van der Waals surface area contributed by atoms with Crippen LogP contribution in [0.5, 0.6) is 0 Å². The van der Waals surface area contributed by atoms with Crippen LogP contribution in [0.1, 0.15) is 12.8 Å². The largest absolute Gasteiger partial charge is 0.420 e. The minimum Gasteiger partial charge on any atom is -0.408 e. The van der Waals surface area contributed by atoms with Crippen molar-refractivity contribution >= 4 is 43.7 Å². The zero-order valence-corrected chi connectivity index (χ0v) is 16.4. The van der Waals surface area contributed by atoms with E-state index in [0.717, 1.165) is 23.1 Å². The zero-order valence-electron chi connectivity index (χ0n) is 15.6. The number of hydrogen-bond acceptors (Lipinski definition) is 6. The van der Waals surface area contributed by atoms with Crippen molar-refractivity contribution in [3.8, 4) is 0 Å². The number of oxazole rings is 1. The standard InChI is InChI=1S/C21H19N3O4S/c25-19(13-23-16-8-2-3-9-17(16)28-21(23)26)24(12-14-6-5-11-27-14)20-22-15-7-1-4-10-18(15)29-20/h1-4,7-10,14H,5-6,11-13H2. The number of hydrogen-bond donors (Lipinski definition) is 0. The molecule has 1 aliphatic heterocycles. The van der Waals surface area contributed by atoms with E-state index < -0.39 is 5.76 Å². The number of anilines is 1. The van der Waals surface area contributed by atoms with Crippen LogP contribution in [0.15, 0.2) is 57.7 Å². The van der Waals surface area contributed by atoms with Crippen LogP contribution in [-0.2, 0) is 16.1 Å². The summed E-state index contributed by atoms with van der Waals surface area (Å²) in [4.78, 5) is 31.9. The van der Waals surface area contributed by atoms with Crippen LogP contribution in [0.3, 0.4) is 0 Å². The van der Waals surface area contributed by atoms with Crippen LogP contribution in [0.2, 0.25) is 0 Å². The van der Waals surface area contributed by atoms with E-state index in [0.29, 0.717) is 29.4 Å². The molecule has 148 valence electrons. The highest BCUT2D eigenvalue weighted by atomic mass is 32.1. The number of para-hydroxylation sites is 3. The maximum Gasteiger partial charge on any atom is 0.420 e. The van der Waals surface area contributed by atoms with Crippen LogP contribution in [-0.4, -0.2) is 34.7 Å². The number of rotatable bonds is 5. The Kier molecular flexibility index (Phi) is 4.65. The third-order valence-electron chi connectivity index (χ3n) is 5.09. The van der Waals surface area contributed by atoms with Crippen LogP contribution in [0.25, 0.3) is 21.3 Å². The van der Waals surface area contributed by atoms with Crippen molar-refractivity contribution in [2.45, 2.75) is 25.5 Å². The van der Waals surface area contributed by atoms with Gasteiger partial charge in [-0.2, -0.15) is 0 Å². The molecule has 0 saturated carbocycles. The predicted molar refractivity (Wildman–Crippen MR) is 111 cm³/mol. The number of ether oxygens (including phenoxy) is 1. The van der Waals surface area contributed by atoms with Crippen molar-refractivity contribution in [3.05, 3.63) is 59.1 Å². The molecule has 2 aromatic carbocycles. The van der Waals surface area contributed by atoms with Crippen molar-refractivity contribution in [1.82, 2.24) is 9.55 Å². The maximum absolute atomic E-state index is 13.3. The Morgan fingerprint density at radius 2 is 2.03 bits per heavy atom. The summed E-state index contributed by atoms with van der Waals surface area (Å²) in [5.74, 6) is -0.755. The van der Waals surface area contributed by atoms with E-state index in [9.17, 15) is 9.59 Å². The van der Waals surface area contributed by atoms with Gasteiger partial charge in [-0.25, -0.2) is 9.78 Å². The van der Waals surface area contributed by atoms with Crippen molar-refractivity contribution in [1.29, 1.82) is 0 Å². The molecule has 0 spiro atoms. The van der Waals surface area contributed by atoms with Crippen LogP contribution in [0, 0.1) is 0 Å². The Hall–Kier alpha value is -2.97. The topological polar surface area (TPSA) is 77.6 Å². The average molecular weight is 409 g/mol. The number of benzene rings is 2. The lowest BCUT2D eigenvalue weighted by molar-refractivity contribution is -0.119. The van der Waals surface area contributed by atoms with Gasteiger partial charge in [0.25, 0.3) is 0 Å². The fraction of sp³-hybridized carbons (Fsp3) is 0.286. The molecule has 8 heteroatoms. The number of amides is 1. The van der Waals surface area contributed by atoms with Crippen molar-refractivity contribution < 1.29 is 13.9 Å². The lowest BCUT2D eigenvalue weighted by atomic mass is 10.2. The number of aromatic nitrogens is 2. The van der Waals surface area contributed by atoms with Crippen LogP contribution < -0.4 is 10.7 Å². The summed E-state index contributed by atoms with van der Waals surface area (Å²) in [7, 11) is 0. The third kappa shape index (κ3) is 3.45. The van der Waals surface area contributed by atoms with Gasteiger partial charge in [-0.1, -0.05) is 35.6 Å². The Bertz CT molecular complexity index is 1200. The molecule has 1 unspecified atom stereocenters. The molecular weight excluding hydrogens is 390 g/mol. The number of carbonyl (C=O) groups excluding carboxylic acids is 1. The molecule has 2 aromatic heterocycles. The summed E-state index contributed by atoms with van der Waals surface area (Å²) in [5.41, 5.74) is 1.92. The summed E-state index contributed by atoms with van der Waals surface area (Å²) in [6.45, 7) is 1.01. The van der Waals surface area contributed by atoms with Gasteiger partial charge in [-0.3, -0.25) is 14.3 Å². The molecule has 7 nitrogen and oxygen atoms in total. The molecule has 1 atom stereocenters. The van der Waals surface area contributed by atoms with Gasteiger partial charge in [0.2, 0.25) is 5.91 Å². The molecule has 0 radical (unpaired) electrons. The van der Waals surface area contributed by atoms with Gasteiger partial charge in [0, 0.05) is 6.61 Å². The fourth-order valence-corrected chi connectivity index (χ4v) is 4.63. The van der Waals surface area contributed by atoms with Gasteiger partial charge in [0.05, 0.1) is 28.4 Å². The number of carbonyl (C=O) groups is 1. The summed E-state index contributed by atoms with van der Waals surface area (Å²) < 4.78 is 13.4. The van der Waals surface area contributed by atoms with Crippen molar-refractivity contribution in [2.24, 2.45) is 0 Å². The van der Waals surface area contributed by atoms with Crippen LogP contribution >= 0.6 is 11.3 Å². The smallest absolute Gasteiger partial charge is 0.408 e. The summed E-state index contributed by atoms with van der Waals surface area (Å²) in [6, 6.07) is 14.9. The highest BCUT2D eigenvalue weighted by Gasteiger charge is 2.27. The lowest BCUT2D eigenvalue weighted by Crippen LogP contribution is -2.40. The average Bonchev–Trinajstić information content (AvgIpc) is 3.45. The monoisotopic (exact) mass is 409 g/mol. The highest BCUT2D eigenvalue weighted by Crippen LogP contribution is 2.30. The molecule has 1 aliphatic rings. The molecular formula is C21H19N3O4S. The maximum atomic E-state index is 13.3. The first-order valence-electron chi connectivity index (χ1n) is 9.55. The molecule has 1 fully saturated rings. The van der Waals surface area contributed by atoms with Crippen molar-refractivity contribution in [3.63, 3.8) is 0 Å². The first kappa shape index (κ1) is 18.1. The van der Waals surface area contributed by atoms with E-state index in [-0.39, 0.29) is 18.6 Å². The minimum atomic E-state index is -0.541. The molecule has 1 saturated heterocycles. The SMILES string of the molecule is O=C(Cn1c(=O)oc2ccccc21)N(CC1CCCO1)c1nc2ccccc2s1. The molecule has 0 N–H and O–H groups in total. The summed E-state index contributed by atoms with van der Waals surface area (Å²) in [5, 5.41) is 0.618. The molecule has 5 rings (SSSR count). The number of nitrogens with zero attached hydrogens (tertiary/aromatic N) is 3. The lowest BCUT2D eigenvalue weighted by Gasteiger charge is -2.23. The van der Waals surface area contributed by atoms with Gasteiger partial charge >= 0.3 is 5.76 Å². The van der Waals surface area contributed by atoms with Gasteiger partial charge in [-0.05, 0) is 37.1 Å². The molecule has 4 aromatic rings. The number of fused-ring (bicyclic) bond motifs is 2. The van der Waals surface area contributed by atoms with E-state index >= 15 is 0 Å². The Balaban J connectivity index is 1.50. The van der Waals surface area contributed by atoms with E-state index in [2.05, 4.69) is 4.98 Å². The molecule has 3 heterocycles. The molecule has 0 bridgehead atoms. The zero-order chi connectivity index (χ0) is 19.8. The Labute approximate surface area is 170 Å². The highest BCUT2D eigenvalue weighted by molar-refractivity contribution is 7.22. The van der Waals surface area contributed by atoms with E-state index in [4.69, 9.17) is 9.15 Å². The second-order valence-corrected chi connectivity index (χ2v) is 8.03. The quantitative estimate of drug-likeness (QED) is 0.505. The van der Waals surface area contributed by atoms with Crippen LogP contribution in [0.4, 0.5) is 5.13 Å². The van der Waals surface area contributed by atoms with Gasteiger partial charge < -0.3 is 9.15 Å². The van der Waals surface area contributed by atoms with E-state index in [1.54, 1.807) is 23.1 Å². The molecule has 29 heavy (non-hydrogen) atoms. The minimum absolute atomic E-state index is 0.0243. The van der Waals surface area contributed by atoms with Gasteiger partial charge in [0.1, 0.15) is 6.54 Å². The normalized spacial score (nSPS) is 16.6. The second-order valence-electron chi connectivity index (χ2n) is 7.03. The van der Waals surface area contributed by atoms with Gasteiger partial charge in [0.15, 0.2) is 10.7 Å². The third-order valence-corrected chi connectivity index (χ3v) is 6.15. The molecule has 0 aliphatic carbocycles. The summed E-state index contributed by atoms with van der Waals surface area (Å²) in [6.07, 6.45) is 1.87. The molecule has 1 amide bonds. The van der Waals surface area contributed by atoms with E-state index in [1.807, 2.05) is 30.3 Å². The Morgan fingerprint density at radius 1 is 1.21 bits per heavy atom. The first-order valence-corrected chi connectivity index (χ1v) is 10.4.